The molecule has 1 aliphatic heterocycles. The van der Waals surface area contributed by atoms with E-state index >= 15 is 0 Å². The quantitative estimate of drug-likeness (QED) is 0.781. The third-order valence-electron chi connectivity index (χ3n) is 3.48. The first-order chi connectivity index (χ1) is 9.34. The fourth-order valence-corrected chi connectivity index (χ4v) is 2.34. The predicted molar refractivity (Wildman–Crippen MR) is 75.7 cm³/mol. The molecule has 0 aromatic heterocycles. The van der Waals surface area contributed by atoms with Crippen molar-refractivity contribution in [2.45, 2.75) is 58.1 Å². The van der Waals surface area contributed by atoms with Gasteiger partial charge in [-0.25, -0.2) is 4.79 Å². The van der Waals surface area contributed by atoms with Crippen molar-refractivity contribution in [3.8, 4) is 0 Å². The zero-order valence-electron chi connectivity index (χ0n) is 12.6. The molecule has 0 saturated carbocycles. The van der Waals surface area contributed by atoms with Gasteiger partial charge in [-0.2, -0.15) is 0 Å². The first-order valence-electron chi connectivity index (χ1n) is 7.24. The van der Waals surface area contributed by atoms with E-state index < -0.39 is 11.5 Å². The highest BCUT2D eigenvalue weighted by Crippen LogP contribution is 2.16. The predicted octanol–water partition coefficient (Wildman–Crippen LogP) is 1.84. The van der Waals surface area contributed by atoms with Gasteiger partial charge in [-0.1, -0.05) is 0 Å². The van der Waals surface area contributed by atoms with Gasteiger partial charge in [-0.15, -0.1) is 0 Å². The molecule has 1 heterocycles. The molecular formula is C14H26N2O4. The summed E-state index contributed by atoms with van der Waals surface area (Å²) >= 11 is 0. The molecule has 0 aromatic carbocycles. The number of carbonyl (C=O) groups excluding carboxylic acids is 1. The zero-order valence-corrected chi connectivity index (χ0v) is 12.6. The van der Waals surface area contributed by atoms with Crippen LogP contribution < -0.4 is 5.32 Å². The number of aliphatic carboxylic acids is 1. The summed E-state index contributed by atoms with van der Waals surface area (Å²) < 4.78 is 5.57. The van der Waals surface area contributed by atoms with Gasteiger partial charge in [0.15, 0.2) is 0 Å². The number of ether oxygens (including phenoxy) is 1. The van der Waals surface area contributed by atoms with E-state index in [1.165, 1.54) is 0 Å². The molecule has 2 amide bonds. The van der Waals surface area contributed by atoms with Gasteiger partial charge in [0.2, 0.25) is 0 Å². The van der Waals surface area contributed by atoms with Gasteiger partial charge in [0, 0.05) is 31.7 Å². The molecule has 1 unspecified atom stereocenters. The lowest BCUT2D eigenvalue weighted by Gasteiger charge is -2.35. The van der Waals surface area contributed by atoms with Crippen LogP contribution in [-0.2, 0) is 9.53 Å². The summed E-state index contributed by atoms with van der Waals surface area (Å²) in [6.07, 6.45) is 2.50. The first kappa shape index (κ1) is 16.8. The summed E-state index contributed by atoms with van der Waals surface area (Å²) in [5.74, 6) is -0.846. The largest absolute Gasteiger partial charge is 0.481 e. The van der Waals surface area contributed by atoms with E-state index in [1.807, 2.05) is 20.8 Å². The minimum Gasteiger partial charge on any atom is -0.481 e. The van der Waals surface area contributed by atoms with E-state index in [1.54, 1.807) is 4.90 Å². The lowest BCUT2D eigenvalue weighted by atomic mass is 9.98. The molecule has 6 heteroatoms. The number of hydrogen-bond acceptors (Lipinski definition) is 3. The van der Waals surface area contributed by atoms with Gasteiger partial charge in [-0.3, -0.25) is 4.79 Å². The number of nitrogens with one attached hydrogen (secondary N) is 1. The number of urea groups is 1. The first-order valence-corrected chi connectivity index (χ1v) is 7.24. The van der Waals surface area contributed by atoms with Crippen LogP contribution in [0.2, 0.25) is 0 Å². The van der Waals surface area contributed by atoms with E-state index in [2.05, 4.69) is 5.32 Å². The molecule has 1 rings (SSSR count). The Morgan fingerprint density at radius 1 is 1.45 bits per heavy atom. The molecule has 6 nitrogen and oxygen atoms in total. The molecule has 20 heavy (non-hydrogen) atoms. The van der Waals surface area contributed by atoms with Crippen molar-refractivity contribution < 1.29 is 19.4 Å². The third kappa shape index (κ3) is 5.77. The highest BCUT2D eigenvalue weighted by Gasteiger charge is 2.28. The summed E-state index contributed by atoms with van der Waals surface area (Å²) in [6.45, 7) is 7.63. The van der Waals surface area contributed by atoms with Crippen molar-refractivity contribution in [1.29, 1.82) is 0 Å². The number of carbonyl (C=O) groups is 2. The van der Waals surface area contributed by atoms with Crippen LogP contribution in [0.15, 0.2) is 0 Å². The van der Waals surface area contributed by atoms with Crippen molar-refractivity contribution in [3.63, 3.8) is 0 Å². The molecule has 0 aromatic rings. The molecule has 1 aliphatic rings. The van der Waals surface area contributed by atoms with Gasteiger partial charge in [0.25, 0.3) is 0 Å². The molecule has 0 radical (unpaired) electrons. The summed E-state index contributed by atoms with van der Waals surface area (Å²) in [7, 11) is 0. The van der Waals surface area contributed by atoms with Crippen LogP contribution in [0, 0.1) is 0 Å². The Morgan fingerprint density at radius 2 is 2.15 bits per heavy atom. The molecule has 2 N–H and O–H groups in total. The van der Waals surface area contributed by atoms with E-state index in [4.69, 9.17) is 9.84 Å². The summed E-state index contributed by atoms with van der Waals surface area (Å²) in [4.78, 5) is 24.6. The maximum Gasteiger partial charge on any atom is 0.317 e. The van der Waals surface area contributed by atoms with Crippen LogP contribution in [0.1, 0.15) is 46.5 Å². The number of rotatable bonds is 6. The maximum absolute atomic E-state index is 12.2. The molecule has 1 saturated heterocycles. The fourth-order valence-electron chi connectivity index (χ4n) is 2.34. The van der Waals surface area contributed by atoms with Crippen molar-refractivity contribution in [2.75, 3.05) is 19.7 Å². The number of likely N-dealkylation sites (tertiary alicyclic amines) is 1. The molecule has 0 aliphatic carbocycles. The number of carboxylic acids is 1. The summed E-state index contributed by atoms with van der Waals surface area (Å²) in [5.41, 5.74) is -0.520. The van der Waals surface area contributed by atoms with Gasteiger partial charge in [-0.05, 0) is 40.0 Å². The topological polar surface area (TPSA) is 78.9 Å². The molecular weight excluding hydrogens is 260 g/mol. The average molecular weight is 286 g/mol. The van der Waals surface area contributed by atoms with E-state index in [-0.39, 0.29) is 18.6 Å². The molecule has 0 bridgehead atoms. The summed E-state index contributed by atoms with van der Waals surface area (Å²) in [5, 5.41) is 11.6. The van der Waals surface area contributed by atoms with Crippen LogP contribution in [0.4, 0.5) is 4.79 Å². The second kappa shape index (κ2) is 7.47. The van der Waals surface area contributed by atoms with Crippen LogP contribution in [-0.4, -0.2) is 53.3 Å². The lowest BCUT2D eigenvalue weighted by molar-refractivity contribution is -0.137. The Hall–Kier alpha value is -1.30. The van der Waals surface area contributed by atoms with Crippen LogP contribution >= 0.6 is 0 Å². The van der Waals surface area contributed by atoms with Crippen molar-refractivity contribution in [1.82, 2.24) is 10.2 Å². The Morgan fingerprint density at radius 3 is 2.75 bits per heavy atom. The van der Waals surface area contributed by atoms with Crippen LogP contribution in [0.5, 0.6) is 0 Å². The Labute approximate surface area is 120 Å². The van der Waals surface area contributed by atoms with Crippen molar-refractivity contribution >= 4 is 12.0 Å². The van der Waals surface area contributed by atoms with E-state index in [0.29, 0.717) is 19.6 Å². The maximum atomic E-state index is 12.2. The Bertz CT molecular complexity index is 342. The van der Waals surface area contributed by atoms with E-state index in [9.17, 15) is 9.59 Å². The monoisotopic (exact) mass is 286 g/mol. The van der Waals surface area contributed by atoms with Crippen molar-refractivity contribution in [3.05, 3.63) is 0 Å². The number of nitrogens with zero attached hydrogens (tertiary/aromatic N) is 1. The van der Waals surface area contributed by atoms with Crippen LogP contribution in [0.3, 0.4) is 0 Å². The minimum absolute atomic E-state index is 0.0504. The van der Waals surface area contributed by atoms with Crippen LogP contribution in [0.25, 0.3) is 0 Å². The second-order valence-corrected chi connectivity index (χ2v) is 5.87. The third-order valence-corrected chi connectivity index (χ3v) is 3.48. The Kier molecular flexibility index (Phi) is 6.26. The highest BCUT2D eigenvalue weighted by atomic mass is 16.5. The summed E-state index contributed by atoms with van der Waals surface area (Å²) in [6, 6.07) is -0.134. The molecule has 0 spiro atoms. The number of hydrogen-bond donors (Lipinski definition) is 2. The van der Waals surface area contributed by atoms with Gasteiger partial charge < -0.3 is 20.1 Å². The SMILES string of the molecule is CCOC1CCCN(C(=O)NC(C)(C)CCC(=O)O)C1. The molecule has 1 fully saturated rings. The fraction of sp³-hybridized carbons (Fsp3) is 0.857. The molecule has 1 atom stereocenters. The van der Waals surface area contributed by atoms with Gasteiger partial charge in [0.05, 0.1) is 6.10 Å². The van der Waals surface area contributed by atoms with Gasteiger partial charge >= 0.3 is 12.0 Å². The normalized spacial score (nSPS) is 19.8. The van der Waals surface area contributed by atoms with Gasteiger partial charge in [0.1, 0.15) is 0 Å². The number of piperidine rings is 1. The second-order valence-electron chi connectivity index (χ2n) is 5.87. The average Bonchev–Trinajstić information content (AvgIpc) is 2.37. The van der Waals surface area contributed by atoms with Crippen molar-refractivity contribution in [2.24, 2.45) is 0 Å². The standard InChI is InChI=1S/C14H26N2O4/c1-4-20-11-6-5-9-16(10-11)13(19)15-14(2,3)8-7-12(17)18/h11H,4-10H2,1-3H3,(H,15,19)(H,17,18). The molecule has 116 valence electrons. The highest BCUT2D eigenvalue weighted by molar-refractivity contribution is 5.75. The Balaban J connectivity index is 2.46. The number of carboxylic acid groups (broad SMARTS) is 1. The van der Waals surface area contributed by atoms with E-state index in [0.717, 1.165) is 19.4 Å². The lowest BCUT2D eigenvalue weighted by Crippen LogP contribution is -2.53. The number of amides is 2. The zero-order chi connectivity index (χ0) is 15.2. The minimum atomic E-state index is -0.846. The smallest absolute Gasteiger partial charge is 0.317 e.